The highest BCUT2D eigenvalue weighted by molar-refractivity contribution is 7.98. The van der Waals surface area contributed by atoms with Crippen molar-refractivity contribution in [3.8, 4) is 0 Å². The Labute approximate surface area is 324 Å². The number of thioether (sulfide) groups is 1. The van der Waals surface area contributed by atoms with Crippen LogP contribution in [0.25, 0.3) is 10.9 Å². The number of nitrogens with two attached hydrogens (primary N) is 1. The van der Waals surface area contributed by atoms with Gasteiger partial charge in [0.1, 0.15) is 30.2 Å². The summed E-state index contributed by atoms with van der Waals surface area (Å²) < 4.78 is 0. The average Bonchev–Trinajstić information content (AvgIpc) is 3.54. The molecule has 1 aromatic carbocycles. The van der Waals surface area contributed by atoms with Crippen LogP contribution < -0.4 is 37.6 Å². The normalized spacial score (nSPS) is 14.6. The van der Waals surface area contributed by atoms with Crippen LogP contribution in [0.15, 0.2) is 30.5 Å². The van der Waals surface area contributed by atoms with Crippen LogP contribution in [0.2, 0.25) is 0 Å². The van der Waals surface area contributed by atoms with E-state index in [1.807, 2.05) is 44.4 Å². The maximum atomic E-state index is 13.9. The smallest absolute Gasteiger partial charge is 0.327 e. The second-order valence-electron chi connectivity index (χ2n) is 13.5. The Morgan fingerprint density at radius 3 is 2.00 bits per heavy atom. The third-order valence-electron chi connectivity index (χ3n) is 8.39. The predicted octanol–water partition coefficient (Wildman–Crippen LogP) is -0.960. The average molecular weight is 795 g/mol. The van der Waals surface area contributed by atoms with Gasteiger partial charge in [-0.05, 0) is 48.3 Å². The zero-order valence-electron chi connectivity index (χ0n) is 31.1. The number of fused-ring (bicyclic) bond motifs is 1. The number of aromatic nitrogens is 1. The number of hydrogen-bond acceptors (Lipinski definition) is 11. The molecule has 0 saturated carbocycles. The van der Waals surface area contributed by atoms with E-state index in [9.17, 15) is 43.8 Å². The molecule has 2 aromatic rings. The molecule has 0 fully saturated rings. The molecule has 19 heteroatoms. The van der Waals surface area contributed by atoms with Crippen LogP contribution in [-0.2, 0) is 40.0 Å². The number of amides is 6. The summed E-state index contributed by atoms with van der Waals surface area (Å²) in [6.45, 7) is 5.77. The van der Waals surface area contributed by atoms with Gasteiger partial charge in [-0.25, -0.2) is 4.79 Å². The molecular weight excluding hydrogens is 741 g/mol. The lowest BCUT2D eigenvalue weighted by molar-refractivity contribution is -0.141. The topological polar surface area (TPSA) is 274 Å². The Balaban J connectivity index is 2.22. The molecular formula is C35H54N8O9S2. The Hall–Kier alpha value is -4.33. The van der Waals surface area contributed by atoms with E-state index in [1.165, 1.54) is 11.8 Å². The summed E-state index contributed by atoms with van der Waals surface area (Å²) in [7, 11) is 0. The minimum Gasteiger partial charge on any atom is -0.480 e. The van der Waals surface area contributed by atoms with Crippen molar-refractivity contribution in [1.29, 1.82) is 0 Å². The van der Waals surface area contributed by atoms with Crippen LogP contribution in [-0.4, -0.2) is 124 Å². The molecule has 0 aliphatic heterocycles. The molecule has 2 rings (SSSR count). The maximum absolute atomic E-state index is 13.9. The summed E-state index contributed by atoms with van der Waals surface area (Å²) in [6, 6.07) is 0.211. The van der Waals surface area contributed by atoms with Crippen molar-refractivity contribution >= 4 is 76.7 Å². The van der Waals surface area contributed by atoms with Crippen molar-refractivity contribution in [2.45, 2.75) is 83.2 Å². The Morgan fingerprint density at radius 1 is 0.815 bits per heavy atom. The number of para-hydroxylation sites is 1. The molecule has 17 nitrogen and oxygen atoms in total. The molecule has 1 heterocycles. The van der Waals surface area contributed by atoms with E-state index in [0.29, 0.717) is 11.3 Å². The predicted molar refractivity (Wildman–Crippen MR) is 209 cm³/mol. The highest BCUT2D eigenvalue weighted by Crippen LogP contribution is 2.19. The second-order valence-corrected chi connectivity index (χ2v) is 14.9. The number of aromatic amines is 1. The van der Waals surface area contributed by atoms with E-state index >= 15 is 0 Å². The number of nitrogens with one attached hydrogen (secondary N) is 7. The van der Waals surface area contributed by atoms with E-state index in [-0.39, 0.29) is 36.9 Å². The highest BCUT2D eigenvalue weighted by Gasteiger charge is 2.32. The van der Waals surface area contributed by atoms with Gasteiger partial charge in [0.15, 0.2) is 0 Å². The number of carbonyl (C=O) groups excluding carboxylic acids is 6. The van der Waals surface area contributed by atoms with Crippen LogP contribution in [0.4, 0.5) is 0 Å². The summed E-state index contributed by atoms with van der Waals surface area (Å²) in [5.74, 6) is -5.77. The van der Waals surface area contributed by atoms with E-state index < -0.39 is 90.8 Å². The number of carboxylic acid groups (broad SMARTS) is 1. The van der Waals surface area contributed by atoms with Crippen molar-refractivity contribution in [3.63, 3.8) is 0 Å². The zero-order valence-corrected chi connectivity index (χ0v) is 32.9. The van der Waals surface area contributed by atoms with Crippen molar-refractivity contribution < 1.29 is 43.8 Å². The summed E-state index contributed by atoms with van der Waals surface area (Å²) in [5, 5.41) is 35.0. The van der Waals surface area contributed by atoms with Gasteiger partial charge in [-0.3, -0.25) is 28.8 Å². The third kappa shape index (κ3) is 14.5. The zero-order chi connectivity index (χ0) is 40.5. The van der Waals surface area contributed by atoms with Crippen molar-refractivity contribution in [1.82, 2.24) is 36.9 Å². The Bertz CT molecular complexity index is 1610. The van der Waals surface area contributed by atoms with Crippen LogP contribution in [0, 0.1) is 11.8 Å². The minimum atomic E-state index is -1.37. The summed E-state index contributed by atoms with van der Waals surface area (Å²) in [4.78, 5) is 93.6. The molecule has 0 saturated heterocycles. The number of rotatable bonds is 23. The highest BCUT2D eigenvalue weighted by atomic mass is 32.2. The number of aliphatic carboxylic acids is 1. The fourth-order valence-corrected chi connectivity index (χ4v) is 5.96. The van der Waals surface area contributed by atoms with Gasteiger partial charge in [0.2, 0.25) is 35.4 Å². The molecule has 300 valence electrons. The van der Waals surface area contributed by atoms with Crippen molar-refractivity contribution in [3.05, 3.63) is 36.0 Å². The van der Waals surface area contributed by atoms with E-state index in [2.05, 4.69) is 49.5 Å². The number of H-pyrrole nitrogens is 1. The number of aliphatic hydroxyl groups excluding tert-OH is 1. The SMILES string of the molecule is CSCC[C@H](NC(=O)CNC(=O)[C@H](CO)NC(=O)[C@@H](N)C(C)C)C(=O)N[C@@H](CC(C)C)C(=O)N[C@@H](Cc1c[nH]c2ccccc12)C(=O)N[C@@H](CS)C(=O)O. The van der Waals surface area contributed by atoms with Crippen LogP contribution in [0.1, 0.15) is 46.1 Å². The third-order valence-corrected chi connectivity index (χ3v) is 9.40. The molecule has 0 spiro atoms. The van der Waals surface area contributed by atoms with E-state index in [0.717, 1.165) is 10.9 Å². The molecule has 6 amide bonds. The van der Waals surface area contributed by atoms with Gasteiger partial charge in [-0.15, -0.1) is 0 Å². The Kier molecular flexibility index (Phi) is 19.3. The molecule has 0 aliphatic rings. The van der Waals surface area contributed by atoms with Crippen LogP contribution >= 0.6 is 24.4 Å². The molecule has 1 aromatic heterocycles. The van der Waals surface area contributed by atoms with Crippen LogP contribution in [0.3, 0.4) is 0 Å². The van der Waals surface area contributed by atoms with Gasteiger partial charge >= 0.3 is 5.97 Å². The lowest BCUT2D eigenvalue weighted by Crippen LogP contribution is -2.59. The monoisotopic (exact) mass is 794 g/mol. The lowest BCUT2D eigenvalue weighted by Gasteiger charge is -2.27. The number of benzene rings is 1. The number of aliphatic hydroxyl groups is 1. The first-order valence-corrected chi connectivity index (χ1v) is 19.6. The number of carbonyl (C=O) groups is 7. The van der Waals surface area contributed by atoms with Crippen LogP contribution in [0.5, 0.6) is 0 Å². The number of carboxylic acids is 1. The van der Waals surface area contributed by atoms with Gasteiger partial charge in [-0.2, -0.15) is 24.4 Å². The summed E-state index contributed by atoms with van der Waals surface area (Å²) in [5.41, 5.74) is 7.29. The summed E-state index contributed by atoms with van der Waals surface area (Å²) >= 11 is 5.44. The number of thiol groups is 1. The van der Waals surface area contributed by atoms with Gasteiger partial charge in [0, 0.05) is 29.3 Å². The molecule has 0 bridgehead atoms. The molecule has 0 radical (unpaired) electrons. The molecule has 0 unspecified atom stereocenters. The van der Waals surface area contributed by atoms with Gasteiger partial charge in [0.05, 0.1) is 19.2 Å². The fraction of sp³-hybridized carbons (Fsp3) is 0.571. The Morgan fingerprint density at radius 2 is 1.41 bits per heavy atom. The van der Waals surface area contributed by atoms with E-state index in [4.69, 9.17) is 5.73 Å². The standard InChI is InChI=1S/C35H54N8O9S2/c1-18(2)12-24(32(48)41-25(33(49)43-27(17-53)35(51)52)13-20-14-37-22-9-7-6-8-21(20)22)40-31(47)23(10-11-54-5)39-28(45)15-38-30(46)26(16-44)42-34(50)29(36)19(3)4/h6-9,14,18-19,23-27,29,37,44,53H,10-13,15-17,36H2,1-5H3,(H,38,46)(H,39,45)(H,40,47)(H,41,48)(H,42,50)(H,43,49)(H,51,52)/t23-,24-,25-,26-,27-,29-/m0/s1. The van der Waals surface area contributed by atoms with E-state index in [1.54, 1.807) is 20.0 Å². The molecule has 11 N–H and O–H groups in total. The van der Waals surface area contributed by atoms with Gasteiger partial charge in [0.25, 0.3) is 0 Å². The molecule has 6 atom stereocenters. The quantitative estimate of drug-likeness (QED) is 0.0610. The van der Waals surface area contributed by atoms with Crippen molar-refractivity contribution in [2.24, 2.45) is 17.6 Å². The maximum Gasteiger partial charge on any atom is 0.327 e. The second kappa shape index (κ2) is 22.8. The first kappa shape index (κ1) is 45.8. The van der Waals surface area contributed by atoms with Gasteiger partial charge < -0.3 is 52.8 Å². The molecule has 0 aliphatic carbocycles. The number of hydrogen-bond donors (Lipinski definition) is 11. The molecule has 54 heavy (non-hydrogen) atoms. The fourth-order valence-electron chi connectivity index (χ4n) is 5.24. The van der Waals surface area contributed by atoms with Gasteiger partial charge in [-0.1, -0.05) is 45.9 Å². The largest absolute Gasteiger partial charge is 0.480 e. The lowest BCUT2D eigenvalue weighted by atomic mass is 10.00. The first-order valence-electron chi connectivity index (χ1n) is 17.5. The van der Waals surface area contributed by atoms with Crippen molar-refractivity contribution in [2.75, 3.05) is 30.9 Å². The summed E-state index contributed by atoms with van der Waals surface area (Å²) in [6.07, 6.45) is 3.81. The first-order chi connectivity index (χ1) is 25.5. The minimum absolute atomic E-state index is 0.00762.